The lowest BCUT2D eigenvalue weighted by molar-refractivity contribution is -0.141. The zero-order valence-corrected chi connectivity index (χ0v) is 13.0. The first kappa shape index (κ1) is 18.4. The predicted octanol–water partition coefficient (Wildman–Crippen LogP) is 1.65. The Morgan fingerprint density at radius 2 is 1.41 bits per heavy atom. The average Bonchev–Trinajstić information content (AvgIpc) is 2.50. The fourth-order valence-electron chi connectivity index (χ4n) is 1.70. The molecule has 6 nitrogen and oxygen atoms in total. The topological polar surface area (TPSA) is 71.1 Å². The molecular weight excluding hydrogens is 288 g/mol. The van der Waals surface area contributed by atoms with Gasteiger partial charge in [-0.2, -0.15) is 0 Å². The van der Waals surface area contributed by atoms with E-state index >= 15 is 0 Å². The van der Waals surface area contributed by atoms with Gasteiger partial charge >= 0.3 is 11.9 Å². The molecule has 0 aromatic carbocycles. The van der Waals surface area contributed by atoms with Gasteiger partial charge in [0, 0.05) is 12.2 Å². The molecule has 124 valence electrons. The van der Waals surface area contributed by atoms with Crippen LogP contribution in [0.4, 0.5) is 0 Å². The molecule has 0 amide bonds. The van der Waals surface area contributed by atoms with Gasteiger partial charge in [-0.25, -0.2) is 9.59 Å². The third-order valence-electron chi connectivity index (χ3n) is 2.92. The number of allylic oxidation sites excluding steroid dienone is 2. The molecule has 1 heterocycles. The molecular formula is C16H24O6. The number of hydrogen-bond donors (Lipinski definition) is 0. The van der Waals surface area contributed by atoms with Gasteiger partial charge in [0.2, 0.25) is 0 Å². The van der Waals surface area contributed by atoms with Gasteiger partial charge in [-0.15, -0.1) is 0 Å². The molecule has 0 saturated heterocycles. The Bertz CT molecular complexity index is 388. The van der Waals surface area contributed by atoms with E-state index in [4.69, 9.17) is 18.9 Å². The molecule has 0 saturated carbocycles. The van der Waals surface area contributed by atoms with Gasteiger partial charge in [0.1, 0.15) is 13.2 Å². The summed E-state index contributed by atoms with van der Waals surface area (Å²) in [7, 11) is 0. The van der Waals surface area contributed by atoms with E-state index in [2.05, 4.69) is 0 Å². The van der Waals surface area contributed by atoms with E-state index in [1.807, 2.05) is 6.92 Å². The molecule has 1 atom stereocenters. The van der Waals surface area contributed by atoms with Crippen molar-refractivity contribution in [2.75, 3.05) is 39.6 Å². The van der Waals surface area contributed by atoms with Crippen LogP contribution in [-0.2, 0) is 28.5 Å². The van der Waals surface area contributed by atoms with Crippen LogP contribution in [-0.4, -0.2) is 51.6 Å². The van der Waals surface area contributed by atoms with Crippen molar-refractivity contribution in [3.63, 3.8) is 0 Å². The van der Waals surface area contributed by atoms with E-state index in [1.165, 1.54) is 12.2 Å². The molecule has 0 bridgehead atoms. The van der Waals surface area contributed by atoms with Crippen LogP contribution in [0, 0.1) is 5.92 Å². The van der Waals surface area contributed by atoms with Gasteiger partial charge in [-0.05, 0) is 18.8 Å². The lowest BCUT2D eigenvalue weighted by atomic mass is 10.1. The highest BCUT2D eigenvalue weighted by molar-refractivity contribution is 5.82. The molecule has 0 aromatic heterocycles. The summed E-state index contributed by atoms with van der Waals surface area (Å²) in [5.74, 6) is -0.520. The van der Waals surface area contributed by atoms with Crippen molar-refractivity contribution in [1.82, 2.24) is 0 Å². The second kappa shape index (κ2) is 11.9. The van der Waals surface area contributed by atoms with Crippen molar-refractivity contribution in [2.24, 2.45) is 5.92 Å². The minimum Gasteiger partial charge on any atom is -0.460 e. The third kappa shape index (κ3) is 10.1. The summed E-state index contributed by atoms with van der Waals surface area (Å²) in [6.07, 6.45) is 7.99. The van der Waals surface area contributed by atoms with Crippen molar-refractivity contribution < 1.29 is 28.5 Å². The van der Waals surface area contributed by atoms with Crippen molar-refractivity contribution in [3.05, 3.63) is 24.3 Å². The minimum atomic E-state index is -0.372. The second-order valence-corrected chi connectivity index (χ2v) is 4.88. The first-order chi connectivity index (χ1) is 10.7. The van der Waals surface area contributed by atoms with Gasteiger partial charge in [0.25, 0.3) is 0 Å². The summed E-state index contributed by atoms with van der Waals surface area (Å²) in [6, 6.07) is 0. The van der Waals surface area contributed by atoms with E-state index in [9.17, 15) is 9.59 Å². The standard InChI is InChI=1S/C16H24O6/c1-14-4-2-3-5-15(17)21-12-10-19-8-9-20-11-13-22-16(18)7-6-14/h3,5-7,14H,2,4,8-13H2,1H3/b5-3-,7-6-. The van der Waals surface area contributed by atoms with Crippen LogP contribution >= 0.6 is 0 Å². The maximum atomic E-state index is 11.4. The molecule has 0 fully saturated rings. The number of rotatable bonds is 0. The summed E-state index contributed by atoms with van der Waals surface area (Å²) in [6.45, 7) is 3.91. The van der Waals surface area contributed by atoms with Crippen molar-refractivity contribution in [2.45, 2.75) is 19.8 Å². The van der Waals surface area contributed by atoms with Crippen molar-refractivity contribution in [3.8, 4) is 0 Å². The highest BCUT2D eigenvalue weighted by Crippen LogP contribution is 2.08. The van der Waals surface area contributed by atoms with E-state index in [0.717, 1.165) is 12.8 Å². The lowest BCUT2D eigenvalue weighted by Gasteiger charge is -2.06. The van der Waals surface area contributed by atoms with Gasteiger partial charge < -0.3 is 18.9 Å². The minimum absolute atomic E-state index is 0.220. The largest absolute Gasteiger partial charge is 0.460 e. The summed E-state index contributed by atoms with van der Waals surface area (Å²) >= 11 is 0. The smallest absolute Gasteiger partial charge is 0.330 e. The number of cyclic esters (lactones) is 2. The molecule has 22 heavy (non-hydrogen) atoms. The van der Waals surface area contributed by atoms with Gasteiger partial charge in [-0.1, -0.05) is 19.1 Å². The molecule has 0 aliphatic carbocycles. The van der Waals surface area contributed by atoms with Crippen LogP contribution in [0.2, 0.25) is 0 Å². The van der Waals surface area contributed by atoms with Crippen LogP contribution in [0.3, 0.4) is 0 Å². The first-order valence-corrected chi connectivity index (χ1v) is 7.52. The van der Waals surface area contributed by atoms with Gasteiger partial charge in [0.15, 0.2) is 0 Å². The number of carbonyl (C=O) groups excluding carboxylic acids is 2. The highest BCUT2D eigenvalue weighted by atomic mass is 16.6. The molecule has 0 radical (unpaired) electrons. The number of ether oxygens (including phenoxy) is 4. The number of hydrogen-bond acceptors (Lipinski definition) is 6. The van der Waals surface area contributed by atoms with Crippen LogP contribution in [0.5, 0.6) is 0 Å². The Morgan fingerprint density at radius 1 is 0.864 bits per heavy atom. The van der Waals surface area contributed by atoms with E-state index in [-0.39, 0.29) is 31.1 Å². The fraction of sp³-hybridized carbons (Fsp3) is 0.625. The number of esters is 2. The van der Waals surface area contributed by atoms with E-state index in [1.54, 1.807) is 12.2 Å². The second-order valence-electron chi connectivity index (χ2n) is 4.88. The summed E-state index contributed by atoms with van der Waals surface area (Å²) in [5, 5.41) is 0. The Balaban J connectivity index is 2.41. The van der Waals surface area contributed by atoms with Crippen molar-refractivity contribution in [1.29, 1.82) is 0 Å². The normalized spacial score (nSPS) is 26.7. The van der Waals surface area contributed by atoms with Crippen LogP contribution in [0.25, 0.3) is 0 Å². The zero-order chi connectivity index (χ0) is 16.0. The van der Waals surface area contributed by atoms with Crippen LogP contribution in [0.15, 0.2) is 24.3 Å². The average molecular weight is 312 g/mol. The summed E-state index contributed by atoms with van der Waals surface area (Å²) < 4.78 is 20.5. The Kier molecular flexibility index (Phi) is 9.98. The molecule has 0 aromatic rings. The van der Waals surface area contributed by atoms with Crippen LogP contribution in [0.1, 0.15) is 19.8 Å². The zero-order valence-electron chi connectivity index (χ0n) is 13.0. The monoisotopic (exact) mass is 312 g/mol. The molecule has 1 unspecified atom stereocenters. The Labute approximate surface area is 131 Å². The predicted molar refractivity (Wildman–Crippen MR) is 80.2 cm³/mol. The Morgan fingerprint density at radius 3 is 2.05 bits per heavy atom. The molecule has 0 spiro atoms. The first-order valence-electron chi connectivity index (χ1n) is 7.52. The fourth-order valence-corrected chi connectivity index (χ4v) is 1.70. The third-order valence-corrected chi connectivity index (χ3v) is 2.92. The Hall–Kier alpha value is -1.66. The van der Waals surface area contributed by atoms with Gasteiger partial charge in [0.05, 0.1) is 26.4 Å². The molecule has 1 rings (SSSR count). The van der Waals surface area contributed by atoms with Crippen LogP contribution < -0.4 is 0 Å². The SMILES string of the molecule is CC1/C=C\C(=O)OCCOCCOCCOC(=O)/C=C\CC1. The maximum absolute atomic E-state index is 11.4. The van der Waals surface area contributed by atoms with E-state index < -0.39 is 0 Å². The molecule has 1 aliphatic rings. The maximum Gasteiger partial charge on any atom is 0.330 e. The van der Waals surface area contributed by atoms with Gasteiger partial charge in [-0.3, -0.25) is 0 Å². The van der Waals surface area contributed by atoms with E-state index in [0.29, 0.717) is 26.4 Å². The molecule has 1 aliphatic heterocycles. The highest BCUT2D eigenvalue weighted by Gasteiger charge is 2.02. The summed E-state index contributed by atoms with van der Waals surface area (Å²) in [5.41, 5.74) is 0. The quantitative estimate of drug-likeness (QED) is 0.633. The molecule has 0 N–H and O–H groups in total. The van der Waals surface area contributed by atoms with Crippen molar-refractivity contribution >= 4 is 11.9 Å². The number of carbonyl (C=O) groups is 2. The lowest BCUT2D eigenvalue weighted by Crippen LogP contribution is -2.14. The molecule has 6 heteroatoms. The summed E-state index contributed by atoms with van der Waals surface area (Å²) in [4.78, 5) is 22.8.